The summed E-state index contributed by atoms with van der Waals surface area (Å²) in [4.78, 5) is 0. The van der Waals surface area contributed by atoms with Crippen LogP contribution in [0.15, 0.2) is 24.3 Å². The number of benzene rings is 1. The van der Waals surface area contributed by atoms with Gasteiger partial charge in [0.2, 0.25) is 0 Å². The Morgan fingerprint density at radius 3 is 2.81 bits per heavy atom. The molecule has 0 saturated heterocycles. The Morgan fingerprint density at radius 1 is 1.38 bits per heavy atom. The molecule has 1 unspecified atom stereocenters. The van der Waals surface area contributed by atoms with Gasteiger partial charge in [-0.2, -0.15) is 0 Å². The van der Waals surface area contributed by atoms with Crippen LogP contribution in [0.25, 0.3) is 0 Å². The summed E-state index contributed by atoms with van der Waals surface area (Å²) in [6, 6.07) is 7.80. The first kappa shape index (κ1) is 13.5. The monoisotopic (exact) mass is 241 g/mol. The quantitative estimate of drug-likeness (QED) is 0.740. The standard InChI is InChI=1S/C13H20ClNO/c1-3-15-9-8-11(2)16-10-12-6-4-5-7-13(12)14/h4-7,11,15H,3,8-10H2,1-2H3. The van der Waals surface area contributed by atoms with Crippen LogP contribution in [0.2, 0.25) is 5.02 Å². The van der Waals surface area contributed by atoms with Crippen molar-refractivity contribution in [2.75, 3.05) is 13.1 Å². The van der Waals surface area contributed by atoms with Crippen molar-refractivity contribution in [2.45, 2.75) is 33.0 Å². The summed E-state index contributed by atoms with van der Waals surface area (Å²) in [7, 11) is 0. The van der Waals surface area contributed by atoms with Crippen molar-refractivity contribution in [3.8, 4) is 0 Å². The van der Waals surface area contributed by atoms with Crippen LogP contribution < -0.4 is 5.32 Å². The average Bonchev–Trinajstić information content (AvgIpc) is 2.28. The van der Waals surface area contributed by atoms with Crippen LogP contribution >= 0.6 is 11.6 Å². The zero-order valence-electron chi connectivity index (χ0n) is 10.0. The molecule has 0 heterocycles. The third-order valence-corrected chi connectivity index (χ3v) is 2.83. The van der Waals surface area contributed by atoms with Gasteiger partial charge < -0.3 is 10.1 Å². The van der Waals surface area contributed by atoms with Crippen molar-refractivity contribution >= 4 is 11.6 Å². The minimum atomic E-state index is 0.260. The average molecular weight is 242 g/mol. The molecule has 0 spiro atoms. The lowest BCUT2D eigenvalue weighted by Crippen LogP contribution is -2.20. The molecule has 2 nitrogen and oxygen atoms in total. The lowest BCUT2D eigenvalue weighted by molar-refractivity contribution is 0.0479. The van der Waals surface area contributed by atoms with E-state index in [1.54, 1.807) is 0 Å². The van der Waals surface area contributed by atoms with Crippen LogP contribution in [0.3, 0.4) is 0 Å². The number of ether oxygens (including phenoxy) is 1. The van der Waals surface area contributed by atoms with Gasteiger partial charge in [-0.1, -0.05) is 36.7 Å². The molecule has 1 aromatic carbocycles. The molecule has 0 fully saturated rings. The van der Waals surface area contributed by atoms with E-state index in [9.17, 15) is 0 Å². The van der Waals surface area contributed by atoms with Crippen molar-refractivity contribution in [1.29, 1.82) is 0 Å². The molecule has 1 N–H and O–H groups in total. The molecular formula is C13H20ClNO. The third kappa shape index (κ3) is 4.97. The van der Waals surface area contributed by atoms with Crippen molar-refractivity contribution in [2.24, 2.45) is 0 Å². The van der Waals surface area contributed by atoms with Crippen LogP contribution in [0, 0.1) is 0 Å². The smallest absolute Gasteiger partial charge is 0.0734 e. The highest BCUT2D eigenvalue weighted by Gasteiger charge is 2.04. The number of rotatable bonds is 7. The fourth-order valence-electron chi connectivity index (χ4n) is 1.41. The van der Waals surface area contributed by atoms with Gasteiger partial charge >= 0.3 is 0 Å². The predicted octanol–water partition coefficient (Wildman–Crippen LogP) is 3.24. The van der Waals surface area contributed by atoms with Gasteiger partial charge in [-0.15, -0.1) is 0 Å². The van der Waals surface area contributed by atoms with Crippen LogP contribution in [0.1, 0.15) is 25.8 Å². The lowest BCUT2D eigenvalue weighted by atomic mass is 10.2. The molecule has 0 aromatic heterocycles. The van der Waals surface area contributed by atoms with E-state index < -0.39 is 0 Å². The minimum absolute atomic E-state index is 0.260. The van der Waals surface area contributed by atoms with Gasteiger partial charge in [0.1, 0.15) is 0 Å². The molecule has 1 atom stereocenters. The van der Waals surface area contributed by atoms with Gasteiger partial charge in [-0.25, -0.2) is 0 Å². The molecule has 0 aliphatic carbocycles. The van der Waals surface area contributed by atoms with E-state index in [4.69, 9.17) is 16.3 Å². The second kappa shape index (κ2) is 7.66. The Kier molecular flexibility index (Phi) is 6.46. The Morgan fingerprint density at radius 2 is 2.12 bits per heavy atom. The first-order valence-electron chi connectivity index (χ1n) is 5.79. The molecule has 0 saturated carbocycles. The number of hydrogen-bond donors (Lipinski definition) is 1. The predicted molar refractivity (Wildman–Crippen MR) is 68.9 cm³/mol. The molecule has 3 heteroatoms. The summed E-state index contributed by atoms with van der Waals surface area (Å²) in [5, 5.41) is 4.06. The van der Waals surface area contributed by atoms with E-state index in [1.807, 2.05) is 24.3 Å². The van der Waals surface area contributed by atoms with Crippen LogP contribution in [-0.4, -0.2) is 19.2 Å². The van der Waals surface area contributed by atoms with E-state index in [0.29, 0.717) is 6.61 Å². The molecule has 0 amide bonds. The zero-order valence-corrected chi connectivity index (χ0v) is 10.8. The van der Waals surface area contributed by atoms with Crippen LogP contribution in [-0.2, 0) is 11.3 Å². The summed E-state index contributed by atoms with van der Waals surface area (Å²) in [6.45, 7) is 6.80. The maximum atomic E-state index is 6.04. The minimum Gasteiger partial charge on any atom is -0.374 e. The molecule has 0 aliphatic rings. The highest BCUT2D eigenvalue weighted by molar-refractivity contribution is 6.31. The maximum Gasteiger partial charge on any atom is 0.0734 e. The second-order valence-electron chi connectivity index (χ2n) is 3.86. The Labute approximate surface area is 103 Å². The largest absolute Gasteiger partial charge is 0.374 e. The fraction of sp³-hybridized carbons (Fsp3) is 0.538. The van der Waals surface area contributed by atoms with Crippen molar-refractivity contribution < 1.29 is 4.74 Å². The van der Waals surface area contributed by atoms with Crippen molar-refractivity contribution in [3.63, 3.8) is 0 Å². The molecular weight excluding hydrogens is 222 g/mol. The zero-order chi connectivity index (χ0) is 11.8. The van der Waals surface area contributed by atoms with E-state index in [1.165, 1.54) is 0 Å². The summed E-state index contributed by atoms with van der Waals surface area (Å²) in [6.07, 6.45) is 1.29. The Hall–Kier alpha value is -0.570. The number of hydrogen-bond acceptors (Lipinski definition) is 2. The Bertz CT molecular complexity index is 304. The second-order valence-corrected chi connectivity index (χ2v) is 4.26. The highest BCUT2D eigenvalue weighted by Crippen LogP contribution is 2.16. The van der Waals surface area contributed by atoms with E-state index >= 15 is 0 Å². The fourth-order valence-corrected chi connectivity index (χ4v) is 1.60. The van der Waals surface area contributed by atoms with Crippen LogP contribution in [0.4, 0.5) is 0 Å². The van der Waals surface area contributed by atoms with Gasteiger partial charge in [0.05, 0.1) is 12.7 Å². The van der Waals surface area contributed by atoms with Gasteiger partial charge in [0, 0.05) is 5.02 Å². The number of nitrogens with one attached hydrogen (secondary N) is 1. The Balaban J connectivity index is 2.26. The van der Waals surface area contributed by atoms with Crippen LogP contribution in [0.5, 0.6) is 0 Å². The van der Waals surface area contributed by atoms with E-state index in [0.717, 1.165) is 30.1 Å². The molecule has 0 radical (unpaired) electrons. The topological polar surface area (TPSA) is 21.3 Å². The maximum absolute atomic E-state index is 6.04. The molecule has 90 valence electrons. The van der Waals surface area contributed by atoms with Crippen molar-refractivity contribution in [3.05, 3.63) is 34.9 Å². The first-order chi connectivity index (χ1) is 7.74. The molecule has 0 bridgehead atoms. The van der Waals surface area contributed by atoms with Gasteiger partial charge in [-0.05, 0) is 38.1 Å². The normalized spacial score (nSPS) is 12.7. The summed E-state index contributed by atoms with van der Waals surface area (Å²) >= 11 is 6.04. The molecule has 0 aliphatic heterocycles. The first-order valence-corrected chi connectivity index (χ1v) is 6.17. The molecule has 1 aromatic rings. The summed E-state index contributed by atoms with van der Waals surface area (Å²) < 4.78 is 5.73. The summed E-state index contributed by atoms with van der Waals surface area (Å²) in [5.41, 5.74) is 1.06. The van der Waals surface area contributed by atoms with Gasteiger partial charge in [0.25, 0.3) is 0 Å². The number of halogens is 1. The lowest BCUT2D eigenvalue weighted by Gasteiger charge is -2.13. The summed E-state index contributed by atoms with van der Waals surface area (Å²) in [5.74, 6) is 0. The van der Waals surface area contributed by atoms with Gasteiger partial charge in [-0.3, -0.25) is 0 Å². The van der Waals surface area contributed by atoms with E-state index in [-0.39, 0.29) is 6.10 Å². The highest BCUT2D eigenvalue weighted by atomic mass is 35.5. The van der Waals surface area contributed by atoms with Gasteiger partial charge in [0.15, 0.2) is 0 Å². The SMILES string of the molecule is CCNCCC(C)OCc1ccccc1Cl. The molecule has 16 heavy (non-hydrogen) atoms. The van der Waals surface area contributed by atoms with Crippen molar-refractivity contribution in [1.82, 2.24) is 5.32 Å². The molecule has 1 rings (SSSR count). The van der Waals surface area contributed by atoms with E-state index in [2.05, 4.69) is 19.2 Å². The third-order valence-electron chi connectivity index (χ3n) is 2.46.